The van der Waals surface area contributed by atoms with Crippen molar-refractivity contribution in [1.29, 1.82) is 0 Å². The number of carbonyl (C=O) groups excluding carboxylic acids is 1. The first kappa shape index (κ1) is 20.1. The summed E-state index contributed by atoms with van der Waals surface area (Å²) in [5.41, 5.74) is -0.979. The molecule has 1 amide bonds. The van der Waals surface area contributed by atoms with Gasteiger partial charge in [-0.25, -0.2) is 4.98 Å². The van der Waals surface area contributed by atoms with Crippen LogP contribution < -0.4 is 4.90 Å². The molecule has 0 aromatic carbocycles. The van der Waals surface area contributed by atoms with Gasteiger partial charge in [-0.3, -0.25) is 9.69 Å². The molecule has 2 atom stereocenters. The van der Waals surface area contributed by atoms with Crippen LogP contribution >= 0.6 is 0 Å². The Labute approximate surface area is 158 Å². The van der Waals surface area contributed by atoms with Gasteiger partial charge in [-0.1, -0.05) is 19.9 Å². The number of hydrogen-bond acceptors (Lipinski definition) is 4. The lowest BCUT2D eigenvalue weighted by Gasteiger charge is -2.24. The number of halogens is 3. The van der Waals surface area contributed by atoms with Crippen molar-refractivity contribution >= 4 is 12.2 Å². The minimum absolute atomic E-state index is 0.0438. The molecule has 3 rings (SSSR count). The van der Waals surface area contributed by atoms with Crippen LogP contribution in [0.3, 0.4) is 0 Å². The van der Waals surface area contributed by atoms with Crippen LogP contribution in [0.2, 0.25) is 0 Å². The molecule has 0 N–H and O–H groups in total. The first-order chi connectivity index (χ1) is 12.8. The van der Waals surface area contributed by atoms with Crippen molar-refractivity contribution in [2.24, 2.45) is 17.8 Å². The SMILES string of the molecule is CC(C)CN1CC2CN(CCN(C=O)c3cccc(C(F)(F)F)n3)CC2C1. The van der Waals surface area contributed by atoms with Crippen molar-refractivity contribution in [2.45, 2.75) is 20.0 Å². The highest BCUT2D eigenvalue weighted by molar-refractivity contribution is 5.72. The fourth-order valence-electron chi connectivity index (χ4n) is 4.25. The third kappa shape index (κ3) is 4.99. The van der Waals surface area contributed by atoms with Crippen LogP contribution in [0, 0.1) is 17.8 Å². The maximum absolute atomic E-state index is 12.8. The number of alkyl halides is 3. The smallest absolute Gasteiger partial charge is 0.302 e. The van der Waals surface area contributed by atoms with E-state index in [0.717, 1.165) is 38.8 Å². The molecule has 0 aliphatic carbocycles. The highest BCUT2D eigenvalue weighted by Crippen LogP contribution is 2.31. The number of rotatable bonds is 7. The van der Waals surface area contributed by atoms with Crippen molar-refractivity contribution in [3.8, 4) is 0 Å². The molecule has 1 aromatic rings. The molecule has 2 aliphatic heterocycles. The summed E-state index contributed by atoms with van der Waals surface area (Å²) in [5.74, 6) is 2.02. The van der Waals surface area contributed by atoms with Crippen LogP contribution in [0.1, 0.15) is 19.5 Å². The van der Waals surface area contributed by atoms with Crippen LogP contribution in [-0.2, 0) is 11.0 Å². The third-order valence-corrected chi connectivity index (χ3v) is 5.36. The number of carbonyl (C=O) groups is 1. The van der Waals surface area contributed by atoms with Crippen molar-refractivity contribution < 1.29 is 18.0 Å². The van der Waals surface area contributed by atoms with E-state index in [-0.39, 0.29) is 5.82 Å². The Morgan fingerprint density at radius 3 is 2.37 bits per heavy atom. The molecule has 2 aliphatic rings. The number of likely N-dealkylation sites (tertiary alicyclic amines) is 2. The second-order valence-corrected chi connectivity index (χ2v) is 8.07. The first-order valence-electron chi connectivity index (χ1n) is 9.47. The second-order valence-electron chi connectivity index (χ2n) is 8.07. The number of aromatic nitrogens is 1. The molecule has 3 heterocycles. The second kappa shape index (κ2) is 8.14. The lowest BCUT2D eigenvalue weighted by atomic mass is 10.0. The Hall–Kier alpha value is -1.67. The van der Waals surface area contributed by atoms with Gasteiger partial charge in [0.15, 0.2) is 0 Å². The topological polar surface area (TPSA) is 39.7 Å². The lowest BCUT2D eigenvalue weighted by Crippen LogP contribution is -2.36. The summed E-state index contributed by atoms with van der Waals surface area (Å²) >= 11 is 0. The van der Waals surface area contributed by atoms with E-state index in [1.54, 1.807) is 0 Å². The summed E-state index contributed by atoms with van der Waals surface area (Å²) in [6, 6.07) is 3.63. The van der Waals surface area contributed by atoms with Crippen molar-refractivity contribution in [2.75, 3.05) is 50.7 Å². The van der Waals surface area contributed by atoms with Gasteiger partial charge in [0.25, 0.3) is 0 Å². The van der Waals surface area contributed by atoms with E-state index >= 15 is 0 Å². The van der Waals surface area contributed by atoms with Gasteiger partial charge < -0.3 is 9.80 Å². The Bertz CT molecular complexity index is 638. The van der Waals surface area contributed by atoms with Gasteiger partial charge >= 0.3 is 6.18 Å². The zero-order valence-corrected chi connectivity index (χ0v) is 15.8. The van der Waals surface area contributed by atoms with E-state index in [1.807, 2.05) is 0 Å². The largest absolute Gasteiger partial charge is 0.433 e. The first-order valence-corrected chi connectivity index (χ1v) is 9.47. The molecule has 2 fully saturated rings. The molecule has 0 radical (unpaired) electrons. The molecule has 0 saturated carbocycles. The van der Waals surface area contributed by atoms with Gasteiger partial charge in [0.2, 0.25) is 6.41 Å². The minimum atomic E-state index is -4.52. The molecule has 8 heteroatoms. The van der Waals surface area contributed by atoms with Crippen molar-refractivity contribution in [3.05, 3.63) is 23.9 Å². The summed E-state index contributed by atoms with van der Waals surface area (Å²) in [5, 5.41) is 0. The van der Waals surface area contributed by atoms with E-state index in [2.05, 4.69) is 28.6 Å². The van der Waals surface area contributed by atoms with Gasteiger partial charge in [0.05, 0.1) is 0 Å². The molecule has 0 spiro atoms. The molecule has 0 bridgehead atoms. The van der Waals surface area contributed by atoms with E-state index in [4.69, 9.17) is 0 Å². The predicted molar refractivity (Wildman–Crippen MR) is 97.3 cm³/mol. The average molecular weight is 384 g/mol. The summed E-state index contributed by atoms with van der Waals surface area (Å²) < 4.78 is 38.5. The van der Waals surface area contributed by atoms with Crippen molar-refractivity contribution in [3.63, 3.8) is 0 Å². The Morgan fingerprint density at radius 2 is 1.81 bits per heavy atom. The summed E-state index contributed by atoms with van der Waals surface area (Å²) in [6.07, 6.45) is -3.96. The van der Waals surface area contributed by atoms with Gasteiger partial charge in [-0.2, -0.15) is 13.2 Å². The normalized spacial score (nSPS) is 23.8. The standard InChI is InChI=1S/C19H27F3N4O/c1-14(2)8-25-11-15-9-24(10-16(15)12-25)6-7-26(13-27)18-5-3-4-17(23-18)19(20,21)22/h3-5,13-16H,6-12H2,1-2H3. The molecule has 5 nitrogen and oxygen atoms in total. The van der Waals surface area contributed by atoms with E-state index < -0.39 is 11.9 Å². The summed E-state index contributed by atoms with van der Waals surface area (Å²) in [4.78, 5) is 21.1. The zero-order chi connectivity index (χ0) is 19.6. The van der Waals surface area contributed by atoms with Gasteiger partial charge in [0, 0.05) is 45.8 Å². The molecule has 27 heavy (non-hydrogen) atoms. The molecule has 2 saturated heterocycles. The minimum Gasteiger partial charge on any atom is -0.302 e. The van der Waals surface area contributed by atoms with Gasteiger partial charge in [-0.05, 0) is 29.9 Å². The fourth-order valence-corrected chi connectivity index (χ4v) is 4.25. The molecule has 1 aromatic heterocycles. The third-order valence-electron chi connectivity index (χ3n) is 5.36. The van der Waals surface area contributed by atoms with Crippen LogP contribution in [0.25, 0.3) is 0 Å². The summed E-state index contributed by atoms with van der Waals surface area (Å²) in [7, 11) is 0. The van der Waals surface area contributed by atoms with Crippen LogP contribution in [0.15, 0.2) is 18.2 Å². The maximum Gasteiger partial charge on any atom is 0.433 e. The van der Waals surface area contributed by atoms with Crippen molar-refractivity contribution in [1.82, 2.24) is 14.8 Å². The summed E-state index contributed by atoms with van der Waals surface area (Å²) in [6.45, 7) is 10.8. The fraction of sp³-hybridized carbons (Fsp3) is 0.684. The number of hydrogen-bond donors (Lipinski definition) is 0. The van der Waals surface area contributed by atoms with Gasteiger partial charge in [0.1, 0.15) is 11.5 Å². The van der Waals surface area contributed by atoms with Crippen LogP contribution in [-0.4, -0.2) is 67.0 Å². The average Bonchev–Trinajstić information content (AvgIpc) is 3.12. The molecular weight excluding hydrogens is 357 g/mol. The van der Waals surface area contributed by atoms with Gasteiger partial charge in [-0.15, -0.1) is 0 Å². The molecular formula is C19H27F3N4O. The number of pyridine rings is 1. The molecule has 2 unspecified atom stereocenters. The Balaban J connectivity index is 1.52. The number of nitrogens with zero attached hydrogens (tertiary/aromatic N) is 4. The number of fused-ring (bicyclic) bond motifs is 1. The Kier molecular flexibility index (Phi) is 6.05. The molecule has 150 valence electrons. The predicted octanol–water partition coefficient (Wildman–Crippen LogP) is 2.58. The quantitative estimate of drug-likeness (QED) is 0.678. The lowest BCUT2D eigenvalue weighted by molar-refractivity contribution is -0.141. The van der Waals surface area contributed by atoms with E-state index in [1.165, 1.54) is 17.0 Å². The Morgan fingerprint density at radius 1 is 1.19 bits per heavy atom. The monoisotopic (exact) mass is 384 g/mol. The number of amides is 1. The zero-order valence-electron chi connectivity index (χ0n) is 15.8. The van der Waals surface area contributed by atoms with E-state index in [0.29, 0.717) is 37.3 Å². The van der Waals surface area contributed by atoms with Crippen LogP contribution in [0.5, 0.6) is 0 Å². The highest BCUT2D eigenvalue weighted by atomic mass is 19.4. The highest BCUT2D eigenvalue weighted by Gasteiger charge is 2.39. The number of anilines is 1. The van der Waals surface area contributed by atoms with E-state index in [9.17, 15) is 18.0 Å². The maximum atomic E-state index is 12.8. The van der Waals surface area contributed by atoms with Crippen LogP contribution in [0.4, 0.5) is 19.0 Å².